The van der Waals surface area contributed by atoms with Gasteiger partial charge >= 0.3 is 15.4 Å². The molecule has 8 N–H and O–H groups in total. The summed E-state index contributed by atoms with van der Waals surface area (Å²) in [7, 11) is -9.75. The number of nitrogens with two attached hydrogens (primary N) is 2. The Kier molecular flexibility index (Phi) is 7.16. The van der Waals surface area contributed by atoms with E-state index in [1.807, 2.05) is 0 Å². The van der Waals surface area contributed by atoms with Crippen LogP contribution in [0.1, 0.15) is 12.5 Å². The van der Waals surface area contributed by atoms with Gasteiger partial charge in [-0.15, -0.1) is 0 Å². The maximum Gasteiger partial charge on any atom is 0.472 e. The highest BCUT2D eigenvalue weighted by molar-refractivity contribution is 7.52. The lowest BCUT2D eigenvalue weighted by Gasteiger charge is -2.28. The topological polar surface area (TPSA) is 310 Å². The minimum Gasteiger partial charge on any atom is -0.386 e. The number of nitrogen functional groups attached to an aromatic ring is 2. The van der Waals surface area contributed by atoms with Gasteiger partial charge in [0.15, 0.2) is 48.3 Å². The SMILES string of the molecule is Nc1ncc2ncn([C@@H]3O[C@@H]4COP(=O)(O)OC5[C@@H](OCP(=O)(O)OC4[C@@H]3O)O[C@@H](n3cnc4c(N)ncnc43)[C@H]5O)c2n1. The van der Waals surface area contributed by atoms with Crippen LogP contribution in [-0.2, 0) is 36.9 Å². The molecule has 24 heteroatoms. The summed E-state index contributed by atoms with van der Waals surface area (Å²) in [6.07, 6.45) is -8.52. The van der Waals surface area contributed by atoms with Gasteiger partial charge in [0.2, 0.25) is 5.95 Å². The van der Waals surface area contributed by atoms with Gasteiger partial charge < -0.3 is 45.7 Å². The molecule has 0 bridgehead atoms. The number of hydrogen-bond acceptors (Lipinski definition) is 18. The largest absolute Gasteiger partial charge is 0.472 e. The Labute approximate surface area is 244 Å². The monoisotopic (exact) mass is 658 g/mol. The Balaban J connectivity index is 1.16. The first-order chi connectivity index (χ1) is 20.9. The van der Waals surface area contributed by atoms with E-state index in [1.165, 1.54) is 28.0 Å². The molecule has 0 aliphatic carbocycles. The molecular weight excluding hydrogens is 634 g/mol. The molecule has 3 saturated heterocycles. The van der Waals surface area contributed by atoms with Crippen LogP contribution in [0, 0.1) is 0 Å². The van der Waals surface area contributed by atoms with Crippen molar-refractivity contribution in [3.8, 4) is 0 Å². The maximum absolute atomic E-state index is 13.2. The number of phosphoric acid groups is 1. The van der Waals surface area contributed by atoms with E-state index in [4.69, 9.17) is 39.2 Å². The first-order valence-corrected chi connectivity index (χ1v) is 16.0. The lowest BCUT2D eigenvalue weighted by Crippen LogP contribution is -2.38. The highest BCUT2D eigenvalue weighted by Gasteiger charge is 2.54. The van der Waals surface area contributed by atoms with E-state index in [2.05, 4.69) is 29.9 Å². The van der Waals surface area contributed by atoms with Crippen LogP contribution in [-0.4, -0.2) is 109 Å². The number of hydrogen-bond donors (Lipinski definition) is 6. The third-order valence-corrected chi connectivity index (χ3v) is 9.13. The molecule has 0 saturated carbocycles. The second-order valence-electron chi connectivity index (χ2n) is 9.95. The Morgan fingerprint density at radius 1 is 0.886 bits per heavy atom. The first kappa shape index (κ1) is 29.5. The highest BCUT2D eigenvalue weighted by atomic mass is 31.2. The summed E-state index contributed by atoms with van der Waals surface area (Å²) in [5.41, 5.74) is 12.3. The molecule has 3 aliphatic heterocycles. The maximum atomic E-state index is 13.2. The van der Waals surface area contributed by atoms with Gasteiger partial charge in [-0.3, -0.25) is 27.3 Å². The van der Waals surface area contributed by atoms with Crippen LogP contribution in [0.25, 0.3) is 22.3 Å². The lowest BCUT2D eigenvalue weighted by molar-refractivity contribution is -0.168. The molecule has 10 atom stereocenters. The fourth-order valence-corrected chi connectivity index (χ4v) is 7.10. The Morgan fingerprint density at radius 3 is 2.43 bits per heavy atom. The standard InChI is InChI=1S/C20H24N10O12P2/c21-14-9-16(25-3-24-14)30(5-27-9)18-11(32)13-19(40-18)37-6-43(33,34)41-12-8(2-38-44(35,36)42-13)39-17(10(12)31)29-4-26-7-1-23-20(22)28-15(7)29/h1,3-5,8,10-13,17-19,31-32H,2,6H2,(H,33,34)(H,35,36)(H2,21,24,25)(H2,22,23,28)/t8-,10+,11+,12?,13?,17-,18-,19+/m1/s1. The summed E-state index contributed by atoms with van der Waals surface area (Å²) in [5, 5.41) is 22.2. The molecular formula is C20H24N10O12P2. The number of aliphatic hydroxyl groups is 2. The number of aromatic nitrogens is 8. The van der Waals surface area contributed by atoms with Gasteiger partial charge in [-0.25, -0.2) is 29.5 Å². The van der Waals surface area contributed by atoms with Gasteiger partial charge in [0.1, 0.15) is 41.8 Å². The summed E-state index contributed by atoms with van der Waals surface area (Å²) in [5.74, 6) is -0.0494. The van der Waals surface area contributed by atoms with E-state index < -0.39 is 77.6 Å². The number of rotatable bonds is 2. The Morgan fingerprint density at radius 2 is 1.61 bits per heavy atom. The second-order valence-corrected chi connectivity index (χ2v) is 13.1. The van der Waals surface area contributed by atoms with Crippen molar-refractivity contribution in [1.29, 1.82) is 0 Å². The molecule has 44 heavy (non-hydrogen) atoms. The molecule has 7 heterocycles. The van der Waals surface area contributed by atoms with Crippen LogP contribution < -0.4 is 11.5 Å². The molecule has 236 valence electrons. The van der Waals surface area contributed by atoms with E-state index in [1.54, 1.807) is 0 Å². The quantitative estimate of drug-likeness (QED) is 0.132. The van der Waals surface area contributed by atoms with Crippen molar-refractivity contribution < 1.29 is 56.9 Å². The van der Waals surface area contributed by atoms with Crippen LogP contribution in [0.5, 0.6) is 0 Å². The number of nitrogens with zero attached hydrogens (tertiary/aromatic N) is 8. The molecule has 7 rings (SSSR count). The average Bonchev–Trinajstić information content (AvgIpc) is 3.72. The van der Waals surface area contributed by atoms with E-state index in [0.717, 1.165) is 6.33 Å². The van der Waals surface area contributed by atoms with Crippen molar-refractivity contribution in [2.24, 2.45) is 0 Å². The van der Waals surface area contributed by atoms with E-state index >= 15 is 0 Å². The van der Waals surface area contributed by atoms with Gasteiger partial charge in [-0.2, -0.15) is 4.98 Å². The van der Waals surface area contributed by atoms with Crippen molar-refractivity contribution in [2.45, 2.75) is 49.3 Å². The van der Waals surface area contributed by atoms with Crippen molar-refractivity contribution in [3.63, 3.8) is 0 Å². The van der Waals surface area contributed by atoms with Gasteiger partial charge in [-0.1, -0.05) is 0 Å². The zero-order chi connectivity index (χ0) is 31.0. The molecule has 0 amide bonds. The molecule has 4 aromatic heterocycles. The minimum absolute atomic E-state index is 0.0441. The molecule has 0 aromatic carbocycles. The number of ether oxygens (including phenoxy) is 3. The van der Waals surface area contributed by atoms with Gasteiger partial charge in [0.25, 0.3) is 0 Å². The van der Waals surface area contributed by atoms with Gasteiger partial charge in [0, 0.05) is 0 Å². The van der Waals surface area contributed by atoms with Crippen molar-refractivity contribution >= 4 is 49.5 Å². The van der Waals surface area contributed by atoms with E-state index in [0.29, 0.717) is 5.52 Å². The number of aliphatic hydroxyl groups excluding tert-OH is 2. The Bertz CT molecular complexity index is 1770. The normalized spacial score (nSPS) is 38.3. The summed E-state index contributed by atoms with van der Waals surface area (Å²) < 4.78 is 61.5. The molecule has 0 radical (unpaired) electrons. The minimum atomic E-state index is -5.03. The third-order valence-electron chi connectivity index (χ3n) is 7.10. The summed E-state index contributed by atoms with van der Waals surface area (Å²) >= 11 is 0. The molecule has 0 spiro atoms. The fraction of sp³-hybridized carbons (Fsp3) is 0.500. The molecule has 4 unspecified atom stereocenters. The summed E-state index contributed by atoms with van der Waals surface area (Å²) in [4.78, 5) is 45.3. The summed E-state index contributed by atoms with van der Waals surface area (Å²) in [6, 6.07) is 0. The highest BCUT2D eigenvalue weighted by Crippen LogP contribution is 2.53. The number of imidazole rings is 2. The lowest BCUT2D eigenvalue weighted by atomic mass is 10.1. The Hall–Kier alpha value is -3.24. The molecule has 22 nitrogen and oxygen atoms in total. The molecule has 3 fully saturated rings. The third kappa shape index (κ3) is 5.13. The van der Waals surface area contributed by atoms with Crippen LogP contribution >= 0.6 is 15.4 Å². The average molecular weight is 658 g/mol. The van der Waals surface area contributed by atoms with Crippen LogP contribution in [0.2, 0.25) is 0 Å². The number of phosphoric ester groups is 1. The second kappa shape index (κ2) is 10.7. The van der Waals surface area contributed by atoms with Crippen LogP contribution in [0.15, 0.2) is 25.2 Å². The van der Waals surface area contributed by atoms with E-state index in [9.17, 15) is 29.1 Å². The van der Waals surface area contributed by atoms with Gasteiger partial charge in [-0.05, 0) is 0 Å². The van der Waals surface area contributed by atoms with Crippen molar-refractivity contribution in [3.05, 3.63) is 25.2 Å². The zero-order valence-corrected chi connectivity index (χ0v) is 23.8. The van der Waals surface area contributed by atoms with Gasteiger partial charge in [0.05, 0.1) is 25.5 Å². The number of anilines is 2. The predicted molar refractivity (Wildman–Crippen MR) is 141 cm³/mol. The smallest absolute Gasteiger partial charge is 0.386 e. The molecule has 4 aromatic rings. The summed E-state index contributed by atoms with van der Waals surface area (Å²) in [6.45, 7) is -0.767. The van der Waals surface area contributed by atoms with Crippen molar-refractivity contribution in [1.82, 2.24) is 39.0 Å². The predicted octanol–water partition coefficient (Wildman–Crippen LogP) is -1.63. The zero-order valence-electron chi connectivity index (χ0n) is 22.0. The van der Waals surface area contributed by atoms with Crippen LogP contribution in [0.3, 0.4) is 0 Å². The van der Waals surface area contributed by atoms with E-state index in [-0.39, 0.29) is 28.6 Å². The first-order valence-electron chi connectivity index (χ1n) is 12.7. The number of fused-ring (bicyclic) bond motifs is 4. The fourth-order valence-electron chi connectivity index (χ4n) is 5.13. The van der Waals surface area contributed by atoms with Crippen LogP contribution in [0.4, 0.5) is 11.8 Å². The van der Waals surface area contributed by atoms with Crippen molar-refractivity contribution in [2.75, 3.05) is 24.4 Å². The molecule has 3 aliphatic rings.